The zero-order chi connectivity index (χ0) is 22.8. The van der Waals surface area contributed by atoms with Gasteiger partial charge in [-0.05, 0) is 38.6 Å². The van der Waals surface area contributed by atoms with E-state index in [0.717, 1.165) is 61.7 Å². The lowest BCUT2D eigenvalue weighted by Crippen LogP contribution is -2.45. The van der Waals surface area contributed by atoms with E-state index in [1.54, 1.807) is 7.11 Å². The van der Waals surface area contributed by atoms with E-state index in [0.29, 0.717) is 19.1 Å². The maximum Gasteiger partial charge on any atom is 0.213 e. The summed E-state index contributed by atoms with van der Waals surface area (Å²) in [5, 5.41) is 5.08. The average Bonchev–Trinajstić information content (AvgIpc) is 3.04. The molecule has 1 unspecified atom stereocenters. The normalized spacial score (nSPS) is 18.5. The Labute approximate surface area is 195 Å². The first-order valence-corrected chi connectivity index (χ1v) is 11.7. The van der Waals surface area contributed by atoms with Crippen LogP contribution in [0.4, 0.5) is 0 Å². The van der Waals surface area contributed by atoms with Gasteiger partial charge in [0.05, 0.1) is 49.3 Å². The first kappa shape index (κ1) is 22.0. The van der Waals surface area contributed by atoms with Crippen LogP contribution in [0, 0.1) is 0 Å². The van der Waals surface area contributed by atoms with Crippen molar-refractivity contribution in [3.05, 3.63) is 53.6 Å². The van der Waals surface area contributed by atoms with Crippen molar-refractivity contribution in [1.29, 1.82) is 0 Å². The summed E-state index contributed by atoms with van der Waals surface area (Å²) < 4.78 is 13.1. The molecule has 5 heterocycles. The van der Waals surface area contributed by atoms with E-state index >= 15 is 0 Å². The number of nitrogens with zero attached hydrogens (tertiary/aromatic N) is 6. The quantitative estimate of drug-likeness (QED) is 0.595. The molecule has 2 aliphatic rings. The molecule has 0 N–H and O–H groups in total. The van der Waals surface area contributed by atoms with E-state index in [-0.39, 0.29) is 6.04 Å². The van der Waals surface area contributed by atoms with Crippen LogP contribution in [0.15, 0.2) is 36.7 Å². The Hall–Kier alpha value is -2.81. The van der Waals surface area contributed by atoms with Gasteiger partial charge >= 0.3 is 0 Å². The zero-order valence-corrected chi connectivity index (χ0v) is 19.7. The fourth-order valence-corrected chi connectivity index (χ4v) is 4.73. The fourth-order valence-electron chi connectivity index (χ4n) is 4.73. The van der Waals surface area contributed by atoms with Crippen LogP contribution >= 0.6 is 0 Å². The topological polar surface area (TPSA) is 68.5 Å². The molecule has 0 saturated carbocycles. The smallest absolute Gasteiger partial charge is 0.213 e. The Morgan fingerprint density at radius 1 is 1.03 bits per heavy atom. The van der Waals surface area contributed by atoms with Crippen LogP contribution in [0.3, 0.4) is 0 Å². The highest BCUT2D eigenvalue weighted by atomic mass is 16.5. The molecular weight excluding hydrogens is 416 g/mol. The van der Waals surface area contributed by atoms with Crippen LogP contribution in [0.5, 0.6) is 5.88 Å². The predicted molar refractivity (Wildman–Crippen MR) is 127 cm³/mol. The molecule has 1 fully saturated rings. The molecule has 1 saturated heterocycles. The first-order valence-electron chi connectivity index (χ1n) is 11.7. The second-order valence-corrected chi connectivity index (χ2v) is 8.84. The maximum absolute atomic E-state index is 5.80. The summed E-state index contributed by atoms with van der Waals surface area (Å²) in [5.74, 6) is 0.595. The van der Waals surface area contributed by atoms with Crippen molar-refractivity contribution in [2.45, 2.75) is 25.8 Å². The standard InChI is InChI=1S/C25H32N6O2/c1-18(30-12-10-29(2)11-13-30)22-16-19(6-9-26-22)25-21-7-14-33-15-8-23(21)31(28-25)20-4-5-24(32-3)27-17-20/h4-6,9,16-18H,7-8,10-15H2,1-3H3. The molecule has 33 heavy (non-hydrogen) atoms. The molecule has 2 aliphatic heterocycles. The van der Waals surface area contributed by atoms with Gasteiger partial charge in [0, 0.05) is 62.0 Å². The molecule has 174 valence electrons. The summed E-state index contributed by atoms with van der Waals surface area (Å²) in [6.45, 7) is 7.99. The second kappa shape index (κ2) is 9.59. The van der Waals surface area contributed by atoms with Gasteiger partial charge in [-0.15, -0.1) is 0 Å². The number of hydrogen-bond donors (Lipinski definition) is 0. The molecule has 0 radical (unpaired) electrons. The summed E-state index contributed by atoms with van der Waals surface area (Å²) in [6, 6.07) is 8.44. The van der Waals surface area contributed by atoms with Gasteiger partial charge in [-0.2, -0.15) is 5.10 Å². The number of ether oxygens (including phenoxy) is 2. The van der Waals surface area contributed by atoms with E-state index < -0.39 is 0 Å². The highest BCUT2D eigenvalue weighted by Crippen LogP contribution is 2.31. The molecule has 0 aromatic carbocycles. The number of hydrogen-bond acceptors (Lipinski definition) is 7. The third-order valence-electron chi connectivity index (χ3n) is 6.81. The van der Waals surface area contributed by atoms with E-state index in [1.165, 1.54) is 11.3 Å². The molecule has 0 bridgehead atoms. The van der Waals surface area contributed by atoms with E-state index in [4.69, 9.17) is 19.6 Å². The summed E-state index contributed by atoms with van der Waals surface area (Å²) >= 11 is 0. The minimum absolute atomic E-state index is 0.272. The molecule has 5 rings (SSSR count). The van der Waals surface area contributed by atoms with Crippen LogP contribution in [0.25, 0.3) is 16.9 Å². The molecule has 8 nitrogen and oxygen atoms in total. The van der Waals surface area contributed by atoms with Crippen molar-refractivity contribution >= 4 is 0 Å². The molecule has 3 aromatic heterocycles. The van der Waals surface area contributed by atoms with Gasteiger partial charge in [0.25, 0.3) is 0 Å². The minimum atomic E-state index is 0.272. The number of pyridine rings is 2. The van der Waals surface area contributed by atoms with Crippen LogP contribution < -0.4 is 4.74 Å². The highest BCUT2D eigenvalue weighted by molar-refractivity contribution is 5.65. The van der Waals surface area contributed by atoms with Crippen molar-refractivity contribution in [2.75, 3.05) is 53.6 Å². The van der Waals surface area contributed by atoms with E-state index in [1.807, 2.05) is 29.2 Å². The van der Waals surface area contributed by atoms with Gasteiger partial charge in [0.15, 0.2) is 0 Å². The number of fused-ring (bicyclic) bond motifs is 1. The average molecular weight is 449 g/mol. The Morgan fingerprint density at radius 3 is 2.61 bits per heavy atom. The Bertz CT molecular complexity index is 1090. The summed E-state index contributed by atoms with van der Waals surface area (Å²) in [4.78, 5) is 14.0. The molecule has 0 amide bonds. The largest absolute Gasteiger partial charge is 0.481 e. The van der Waals surface area contributed by atoms with Crippen molar-refractivity contribution in [3.8, 4) is 22.8 Å². The molecule has 1 atom stereocenters. The number of likely N-dealkylation sites (N-methyl/N-ethyl adjacent to an activating group) is 1. The third-order valence-corrected chi connectivity index (χ3v) is 6.81. The lowest BCUT2D eigenvalue weighted by molar-refractivity contribution is 0.117. The Morgan fingerprint density at radius 2 is 1.85 bits per heavy atom. The zero-order valence-electron chi connectivity index (χ0n) is 19.7. The molecule has 0 aliphatic carbocycles. The van der Waals surface area contributed by atoms with E-state index in [2.05, 4.69) is 40.9 Å². The number of aromatic nitrogens is 4. The predicted octanol–water partition coefficient (Wildman–Crippen LogP) is 2.76. The van der Waals surface area contributed by atoms with Crippen molar-refractivity contribution < 1.29 is 9.47 Å². The van der Waals surface area contributed by atoms with Gasteiger partial charge in [-0.3, -0.25) is 9.88 Å². The van der Waals surface area contributed by atoms with Gasteiger partial charge in [0.1, 0.15) is 0 Å². The monoisotopic (exact) mass is 448 g/mol. The van der Waals surface area contributed by atoms with Crippen LogP contribution in [-0.2, 0) is 17.6 Å². The minimum Gasteiger partial charge on any atom is -0.481 e. The number of piperazine rings is 1. The van der Waals surface area contributed by atoms with Crippen molar-refractivity contribution in [1.82, 2.24) is 29.5 Å². The Balaban J connectivity index is 1.51. The molecule has 3 aromatic rings. The summed E-state index contributed by atoms with van der Waals surface area (Å²) in [5.41, 5.74) is 6.60. The first-order chi connectivity index (χ1) is 16.1. The van der Waals surface area contributed by atoms with Crippen molar-refractivity contribution in [3.63, 3.8) is 0 Å². The van der Waals surface area contributed by atoms with Crippen LogP contribution in [-0.4, -0.2) is 83.1 Å². The van der Waals surface area contributed by atoms with Crippen LogP contribution in [0.2, 0.25) is 0 Å². The Kier molecular flexibility index (Phi) is 6.39. The maximum atomic E-state index is 5.80. The number of methoxy groups -OCH3 is 1. The summed E-state index contributed by atoms with van der Waals surface area (Å²) in [7, 11) is 3.81. The molecular formula is C25H32N6O2. The second-order valence-electron chi connectivity index (χ2n) is 8.84. The van der Waals surface area contributed by atoms with Gasteiger partial charge in [0.2, 0.25) is 5.88 Å². The summed E-state index contributed by atoms with van der Waals surface area (Å²) in [6.07, 6.45) is 5.41. The third kappa shape index (κ3) is 4.51. The fraction of sp³-hybridized carbons (Fsp3) is 0.480. The van der Waals surface area contributed by atoms with Crippen LogP contribution in [0.1, 0.15) is 29.9 Å². The lowest BCUT2D eigenvalue weighted by atomic mass is 10.0. The van der Waals surface area contributed by atoms with Gasteiger partial charge in [-0.1, -0.05) is 0 Å². The molecule has 8 heteroatoms. The molecule has 0 spiro atoms. The van der Waals surface area contributed by atoms with Gasteiger partial charge < -0.3 is 14.4 Å². The lowest BCUT2D eigenvalue weighted by Gasteiger charge is -2.36. The highest BCUT2D eigenvalue weighted by Gasteiger charge is 2.25. The van der Waals surface area contributed by atoms with Crippen molar-refractivity contribution in [2.24, 2.45) is 0 Å². The van der Waals surface area contributed by atoms with Gasteiger partial charge in [-0.25, -0.2) is 9.67 Å². The van der Waals surface area contributed by atoms with E-state index in [9.17, 15) is 0 Å². The SMILES string of the molecule is COc1ccc(-n2nc(-c3ccnc(C(C)N4CCN(C)CC4)c3)c3c2CCOCC3)cn1. The number of rotatable bonds is 5.